The number of rotatable bonds is 4. The van der Waals surface area contributed by atoms with Gasteiger partial charge in [0, 0.05) is 19.1 Å². The first kappa shape index (κ1) is 13.9. The van der Waals surface area contributed by atoms with Crippen LogP contribution >= 0.6 is 0 Å². The van der Waals surface area contributed by atoms with E-state index in [1.165, 1.54) is 17.3 Å². The van der Waals surface area contributed by atoms with Gasteiger partial charge in [0.25, 0.3) is 0 Å². The van der Waals surface area contributed by atoms with Gasteiger partial charge in [-0.15, -0.1) is 0 Å². The van der Waals surface area contributed by atoms with Gasteiger partial charge in [-0.25, -0.2) is 14.8 Å². The van der Waals surface area contributed by atoms with Gasteiger partial charge in [0.15, 0.2) is 12.4 Å². The van der Waals surface area contributed by atoms with Crippen LogP contribution in [0.2, 0.25) is 0 Å². The zero-order valence-electron chi connectivity index (χ0n) is 10.8. The maximum atomic E-state index is 10.8. The molecule has 0 aromatic carbocycles. The summed E-state index contributed by atoms with van der Waals surface area (Å²) in [6, 6.07) is 2.03. The van der Waals surface area contributed by atoms with Crippen LogP contribution in [0.25, 0.3) is 0 Å². The highest BCUT2D eigenvalue weighted by Gasteiger charge is 2.22. The van der Waals surface area contributed by atoms with E-state index in [4.69, 9.17) is 15.1 Å². The highest BCUT2D eigenvalue weighted by Crippen LogP contribution is 2.15. The molecule has 1 aromatic rings. The molecule has 8 heteroatoms. The van der Waals surface area contributed by atoms with Crippen LogP contribution in [0.5, 0.6) is 5.75 Å². The van der Waals surface area contributed by atoms with Gasteiger partial charge in [-0.2, -0.15) is 5.26 Å². The smallest absolute Gasteiger partial charge is 0.407 e. The minimum absolute atomic E-state index is 0.0379. The van der Waals surface area contributed by atoms with Gasteiger partial charge in [0.1, 0.15) is 6.07 Å². The van der Waals surface area contributed by atoms with Crippen molar-refractivity contribution in [3.8, 4) is 11.8 Å². The van der Waals surface area contributed by atoms with Gasteiger partial charge >= 0.3 is 6.09 Å². The molecule has 106 valence electrons. The quantitative estimate of drug-likeness (QED) is 0.842. The number of anilines is 1. The Morgan fingerprint density at radius 3 is 2.70 bits per heavy atom. The molecule has 20 heavy (non-hydrogen) atoms. The summed E-state index contributed by atoms with van der Waals surface area (Å²) < 4.78 is 5.05. The summed E-state index contributed by atoms with van der Waals surface area (Å²) in [5.41, 5.74) is 0. The Morgan fingerprint density at radius 2 is 2.15 bits per heavy atom. The molecule has 2 rings (SSSR count). The second-order valence-corrected chi connectivity index (χ2v) is 4.38. The summed E-state index contributed by atoms with van der Waals surface area (Å²) in [4.78, 5) is 20.4. The fourth-order valence-corrected chi connectivity index (χ4v) is 1.98. The monoisotopic (exact) mass is 277 g/mol. The van der Waals surface area contributed by atoms with Crippen LogP contribution in [0.1, 0.15) is 12.8 Å². The lowest BCUT2D eigenvalue weighted by atomic mass is 10.1. The average molecular weight is 277 g/mol. The van der Waals surface area contributed by atoms with Gasteiger partial charge in [0.05, 0.1) is 12.4 Å². The second-order valence-electron chi connectivity index (χ2n) is 4.38. The summed E-state index contributed by atoms with van der Waals surface area (Å²) in [5.74, 6) is 0.917. The van der Waals surface area contributed by atoms with Gasteiger partial charge < -0.3 is 20.1 Å². The van der Waals surface area contributed by atoms with Crippen molar-refractivity contribution in [1.82, 2.24) is 14.9 Å². The number of carbonyl (C=O) groups is 1. The number of aromatic nitrogens is 2. The normalized spacial score (nSPS) is 15.4. The van der Waals surface area contributed by atoms with Crippen LogP contribution in [-0.4, -0.2) is 51.8 Å². The molecule has 1 aromatic heterocycles. The predicted molar refractivity (Wildman–Crippen MR) is 69.4 cm³/mol. The maximum absolute atomic E-state index is 10.8. The zero-order chi connectivity index (χ0) is 14.4. The van der Waals surface area contributed by atoms with Gasteiger partial charge in [-0.3, -0.25) is 0 Å². The second kappa shape index (κ2) is 6.56. The first-order valence-corrected chi connectivity index (χ1v) is 6.25. The van der Waals surface area contributed by atoms with Crippen molar-refractivity contribution in [3.05, 3.63) is 12.4 Å². The minimum atomic E-state index is -0.876. The average Bonchev–Trinajstić information content (AvgIpc) is 2.47. The van der Waals surface area contributed by atoms with Crippen LogP contribution in [0, 0.1) is 11.3 Å². The van der Waals surface area contributed by atoms with E-state index >= 15 is 0 Å². The molecule has 1 saturated heterocycles. The molecular weight excluding hydrogens is 262 g/mol. The molecule has 0 bridgehead atoms. The minimum Gasteiger partial charge on any atom is -0.476 e. The van der Waals surface area contributed by atoms with E-state index in [2.05, 4.69) is 15.3 Å². The molecule has 2 N–H and O–H groups in total. The molecule has 0 unspecified atom stereocenters. The lowest BCUT2D eigenvalue weighted by Crippen LogP contribution is -2.41. The largest absolute Gasteiger partial charge is 0.476 e. The molecule has 1 aliphatic heterocycles. The summed E-state index contributed by atoms with van der Waals surface area (Å²) in [6.07, 6.45) is 3.57. The lowest BCUT2D eigenvalue weighted by Gasteiger charge is -2.30. The number of hydrogen-bond acceptors (Lipinski definition) is 6. The van der Waals surface area contributed by atoms with Crippen LogP contribution < -0.4 is 10.1 Å². The van der Waals surface area contributed by atoms with Crippen LogP contribution in [0.3, 0.4) is 0 Å². The summed E-state index contributed by atoms with van der Waals surface area (Å²) in [6.45, 7) is 0.983. The van der Waals surface area contributed by atoms with Crippen molar-refractivity contribution in [1.29, 1.82) is 5.26 Å². The number of amides is 1. The molecule has 1 aliphatic rings. The van der Waals surface area contributed by atoms with Crippen molar-refractivity contribution in [3.63, 3.8) is 0 Å². The Labute approximate surface area is 116 Å². The first-order chi connectivity index (χ1) is 9.69. The predicted octanol–water partition coefficient (Wildman–Crippen LogP) is 0.933. The molecule has 8 nitrogen and oxygen atoms in total. The third-order valence-electron chi connectivity index (χ3n) is 3.03. The fraction of sp³-hybridized carbons (Fsp3) is 0.500. The summed E-state index contributed by atoms with van der Waals surface area (Å²) in [7, 11) is 0. The molecule has 0 aliphatic carbocycles. The molecular formula is C12H15N5O3. The van der Waals surface area contributed by atoms with Crippen molar-refractivity contribution in [2.45, 2.75) is 18.9 Å². The number of hydrogen-bond donors (Lipinski definition) is 2. The molecule has 0 saturated carbocycles. The number of carboxylic acid groups (broad SMARTS) is 1. The number of nitrogens with zero attached hydrogens (tertiary/aromatic N) is 4. The Morgan fingerprint density at radius 1 is 1.50 bits per heavy atom. The molecule has 1 fully saturated rings. The lowest BCUT2D eigenvalue weighted by molar-refractivity contribution is 0.133. The van der Waals surface area contributed by atoms with E-state index < -0.39 is 6.09 Å². The molecule has 0 atom stereocenters. The standard InChI is InChI=1S/C12H15N5O3/c13-3-6-20-10-7-14-11(15-8-10)16-9-1-4-17(5-2-9)12(18)19/h7-9H,1-2,4-6H2,(H,18,19)(H,14,15,16). The van der Waals surface area contributed by atoms with Crippen LogP contribution in [-0.2, 0) is 0 Å². The number of nitrogens with one attached hydrogen (secondary N) is 1. The summed E-state index contributed by atoms with van der Waals surface area (Å²) >= 11 is 0. The Kier molecular flexibility index (Phi) is 4.55. The van der Waals surface area contributed by atoms with E-state index in [9.17, 15) is 4.79 Å². The third kappa shape index (κ3) is 3.71. The SMILES string of the molecule is N#CCOc1cnc(NC2CCN(C(=O)O)CC2)nc1. The maximum Gasteiger partial charge on any atom is 0.407 e. The van der Waals surface area contributed by atoms with Crippen molar-refractivity contribution >= 4 is 12.0 Å². The Hall–Kier alpha value is -2.56. The van der Waals surface area contributed by atoms with E-state index in [0.29, 0.717) is 24.8 Å². The fourth-order valence-electron chi connectivity index (χ4n) is 1.98. The van der Waals surface area contributed by atoms with Crippen LogP contribution in [0.4, 0.5) is 10.7 Å². The Bertz CT molecular complexity index is 491. The molecule has 2 heterocycles. The van der Waals surface area contributed by atoms with E-state index in [0.717, 1.165) is 12.8 Å². The number of likely N-dealkylation sites (tertiary alicyclic amines) is 1. The van der Waals surface area contributed by atoms with Crippen molar-refractivity contribution < 1.29 is 14.6 Å². The van der Waals surface area contributed by atoms with Gasteiger partial charge in [0.2, 0.25) is 5.95 Å². The number of piperidine rings is 1. The summed E-state index contributed by atoms with van der Waals surface area (Å²) in [5, 5.41) is 20.4. The molecule has 0 spiro atoms. The van der Waals surface area contributed by atoms with E-state index in [1.54, 1.807) is 0 Å². The van der Waals surface area contributed by atoms with Crippen molar-refractivity contribution in [2.24, 2.45) is 0 Å². The number of ether oxygens (including phenoxy) is 1. The molecule has 0 radical (unpaired) electrons. The first-order valence-electron chi connectivity index (χ1n) is 6.25. The zero-order valence-corrected chi connectivity index (χ0v) is 10.8. The van der Waals surface area contributed by atoms with Gasteiger partial charge in [-0.05, 0) is 12.8 Å². The van der Waals surface area contributed by atoms with Crippen molar-refractivity contribution in [2.75, 3.05) is 25.0 Å². The molecule has 1 amide bonds. The van der Waals surface area contributed by atoms with Crippen LogP contribution in [0.15, 0.2) is 12.4 Å². The Balaban J connectivity index is 1.82. The highest BCUT2D eigenvalue weighted by molar-refractivity contribution is 5.65. The van der Waals surface area contributed by atoms with E-state index in [1.807, 2.05) is 6.07 Å². The highest BCUT2D eigenvalue weighted by atomic mass is 16.5. The topological polar surface area (TPSA) is 111 Å². The number of nitriles is 1. The van der Waals surface area contributed by atoms with E-state index in [-0.39, 0.29) is 12.6 Å². The van der Waals surface area contributed by atoms with Gasteiger partial charge in [-0.1, -0.05) is 0 Å². The third-order valence-corrected chi connectivity index (χ3v) is 3.03.